The lowest BCUT2D eigenvalue weighted by Gasteiger charge is -2.20. The Morgan fingerprint density at radius 3 is 2.47 bits per heavy atom. The number of hydrogen-bond acceptors (Lipinski definition) is 5. The molecule has 0 aliphatic heterocycles. The van der Waals surface area contributed by atoms with Crippen molar-refractivity contribution in [3.8, 4) is 0 Å². The molecule has 5 rings (SSSR count). The van der Waals surface area contributed by atoms with Crippen LogP contribution in [-0.4, -0.2) is 31.6 Å². The first kappa shape index (κ1) is 21.8. The third-order valence-electron chi connectivity index (χ3n) is 6.27. The Kier molecular flexibility index (Phi) is 5.79. The van der Waals surface area contributed by atoms with Crippen LogP contribution in [0.5, 0.6) is 0 Å². The van der Waals surface area contributed by atoms with Gasteiger partial charge in [0, 0.05) is 22.5 Å². The monoisotopic (exact) mass is 454 g/mol. The molecule has 0 fully saturated rings. The van der Waals surface area contributed by atoms with E-state index in [-0.39, 0.29) is 11.8 Å². The molecule has 8 nitrogen and oxygen atoms in total. The number of amides is 2. The summed E-state index contributed by atoms with van der Waals surface area (Å²) in [6, 6.07) is 12.7. The highest BCUT2D eigenvalue weighted by molar-refractivity contribution is 6.13. The van der Waals surface area contributed by atoms with E-state index in [4.69, 9.17) is 4.98 Å². The number of carbonyl (C=O) groups excluding carboxylic acids is 2. The van der Waals surface area contributed by atoms with Gasteiger partial charge < -0.3 is 10.6 Å². The molecule has 1 atom stereocenters. The van der Waals surface area contributed by atoms with E-state index >= 15 is 0 Å². The minimum absolute atomic E-state index is 0.132. The quantitative estimate of drug-likeness (QED) is 0.463. The van der Waals surface area contributed by atoms with Crippen LogP contribution in [0, 0.1) is 6.92 Å². The number of nitrogens with one attached hydrogen (secondary N) is 2. The van der Waals surface area contributed by atoms with Crippen LogP contribution in [0.4, 0.5) is 11.4 Å². The molecular weight excluding hydrogens is 428 g/mol. The molecule has 1 aliphatic rings. The van der Waals surface area contributed by atoms with Crippen LogP contribution in [0.15, 0.2) is 55.1 Å². The SMILES string of the molecule is Cc1ccc2nc3c(c(C(=O)Nc4ccc(NC(=O)C(C)n5cncn5)cc4)c2c1)CCCC3. The summed E-state index contributed by atoms with van der Waals surface area (Å²) in [5.74, 6) is -0.333. The zero-order chi connectivity index (χ0) is 23.7. The number of nitrogens with zero attached hydrogens (tertiary/aromatic N) is 4. The maximum atomic E-state index is 13.5. The van der Waals surface area contributed by atoms with Gasteiger partial charge in [0.1, 0.15) is 18.7 Å². The van der Waals surface area contributed by atoms with E-state index in [1.165, 1.54) is 17.3 Å². The topological polar surface area (TPSA) is 102 Å². The van der Waals surface area contributed by atoms with Gasteiger partial charge in [0.05, 0.1) is 11.1 Å². The molecule has 172 valence electrons. The van der Waals surface area contributed by atoms with Crippen molar-refractivity contribution in [2.45, 2.75) is 45.6 Å². The summed E-state index contributed by atoms with van der Waals surface area (Å²) in [6.07, 6.45) is 6.83. The Bertz CT molecular complexity index is 1360. The molecule has 4 aromatic rings. The first-order valence-corrected chi connectivity index (χ1v) is 11.5. The van der Waals surface area contributed by atoms with Crippen LogP contribution in [-0.2, 0) is 17.6 Å². The molecule has 8 heteroatoms. The molecule has 2 amide bonds. The van der Waals surface area contributed by atoms with Gasteiger partial charge in [-0.1, -0.05) is 11.6 Å². The van der Waals surface area contributed by atoms with Crippen molar-refractivity contribution in [1.29, 1.82) is 0 Å². The Morgan fingerprint density at radius 2 is 1.74 bits per heavy atom. The molecule has 0 spiro atoms. The Hall–Kier alpha value is -4.07. The summed E-state index contributed by atoms with van der Waals surface area (Å²) in [5.41, 5.74) is 6.07. The summed E-state index contributed by atoms with van der Waals surface area (Å²) in [5, 5.41) is 10.8. The maximum Gasteiger partial charge on any atom is 0.256 e. The molecule has 2 aromatic heterocycles. The van der Waals surface area contributed by atoms with E-state index in [2.05, 4.69) is 20.7 Å². The van der Waals surface area contributed by atoms with Crippen LogP contribution < -0.4 is 10.6 Å². The third-order valence-corrected chi connectivity index (χ3v) is 6.27. The van der Waals surface area contributed by atoms with Crippen LogP contribution in [0.1, 0.15) is 53.0 Å². The van der Waals surface area contributed by atoms with Gasteiger partial charge in [-0.2, -0.15) is 5.10 Å². The molecule has 2 N–H and O–H groups in total. The smallest absolute Gasteiger partial charge is 0.256 e. The summed E-state index contributed by atoms with van der Waals surface area (Å²) >= 11 is 0. The summed E-state index contributed by atoms with van der Waals surface area (Å²) in [6.45, 7) is 3.78. The van der Waals surface area contributed by atoms with Gasteiger partial charge in [-0.25, -0.2) is 9.67 Å². The molecule has 1 unspecified atom stereocenters. The number of carbonyl (C=O) groups is 2. The summed E-state index contributed by atoms with van der Waals surface area (Å²) in [7, 11) is 0. The number of aryl methyl sites for hydroxylation is 2. The van der Waals surface area contributed by atoms with Gasteiger partial charge in [0.2, 0.25) is 5.91 Å². The van der Waals surface area contributed by atoms with Gasteiger partial charge in [-0.3, -0.25) is 14.6 Å². The van der Waals surface area contributed by atoms with Crippen molar-refractivity contribution < 1.29 is 9.59 Å². The lowest BCUT2D eigenvalue weighted by atomic mass is 9.89. The maximum absolute atomic E-state index is 13.5. The van der Waals surface area contributed by atoms with Crippen molar-refractivity contribution in [2.24, 2.45) is 0 Å². The van der Waals surface area contributed by atoms with Crippen molar-refractivity contribution in [3.63, 3.8) is 0 Å². The van der Waals surface area contributed by atoms with E-state index < -0.39 is 6.04 Å². The average Bonchev–Trinajstić information content (AvgIpc) is 3.38. The predicted octanol–water partition coefficient (Wildman–Crippen LogP) is 4.47. The van der Waals surface area contributed by atoms with Crippen LogP contribution in [0.2, 0.25) is 0 Å². The molecule has 1 aliphatic carbocycles. The zero-order valence-corrected chi connectivity index (χ0v) is 19.2. The van der Waals surface area contributed by atoms with Crippen molar-refractivity contribution >= 4 is 34.1 Å². The van der Waals surface area contributed by atoms with E-state index in [0.717, 1.165) is 59.0 Å². The lowest BCUT2D eigenvalue weighted by molar-refractivity contribution is -0.119. The fourth-order valence-corrected chi connectivity index (χ4v) is 4.41. The van der Waals surface area contributed by atoms with E-state index in [0.29, 0.717) is 11.4 Å². The summed E-state index contributed by atoms with van der Waals surface area (Å²) in [4.78, 5) is 34.7. The Morgan fingerprint density at radius 1 is 1.00 bits per heavy atom. The fraction of sp³-hybridized carbons (Fsp3) is 0.269. The predicted molar refractivity (Wildman–Crippen MR) is 131 cm³/mol. The Labute approximate surface area is 197 Å². The molecule has 34 heavy (non-hydrogen) atoms. The highest BCUT2D eigenvalue weighted by atomic mass is 16.2. The minimum Gasteiger partial charge on any atom is -0.324 e. The average molecular weight is 455 g/mol. The van der Waals surface area contributed by atoms with Gasteiger partial charge in [-0.15, -0.1) is 0 Å². The number of benzene rings is 2. The molecule has 2 heterocycles. The van der Waals surface area contributed by atoms with Crippen LogP contribution in [0.3, 0.4) is 0 Å². The molecule has 0 saturated carbocycles. The summed E-state index contributed by atoms with van der Waals surface area (Å²) < 4.78 is 1.49. The first-order chi connectivity index (χ1) is 16.5. The lowest BCUT2D eigenvalue weighted by Crippen LogP contribution is -2.24. The highest BCUT2D eigenvalue weighted by Gasteiger charge is 2.23. The third kappa shape index (κ3) is 4.26. The fourth-order valence-electron chi connectivity index (χ4n) is 4.41. The zero-order valence-electron chi connectivity index (χ0n) is 19.2. The van der Waals surface area contributed by atoms with Gasteiger partial charge in [0.15, 0.2) is 0 Å². The largest absolute Gasteiger partial charge is 0.324 e. The second-order valence-electron chi connectivity index (χ2n) is 8.71. The second kappa shape index (κ2) is 9.05. The second-order valence-corrected chi connectivity index (χ2v) is 8.71. The van der Waals surface area contributed by atoms with E-state index in [1.807, 2.05) is 25.1 Å². The number of aromatic nitrogens is 4. The van der Waals surface area contributed by atoms with Crippen LogP contribution in [0.25, 0.3) is 10.9 Å². The number of hydrogen-bond donors (Lipinski definition) is 2. The number of anilines is 2. The Balaban J connectivity index is 1.37. The molecule has 0 bridgehead atoms. The first-order valence-electron chi connectivity index (χ1n) is 11.5. The van der Waals surface area contributed by atoms with E-state index in [9.17, 15) is 9.59 Å². The number of fused-ring (bicyclic) bond motifs is 2. The van der Waals surface area contributed by atoms with Crippen molar-refractivity contribution in [1.82, 2.24) is 19.7 Å². The van der Waals surface area contributed by atoms with Gasteiger partial charge in [0.25, 0.3) is 5.91 Å². The number of pyridine rings is 1. The molecular formula is C26H26N6O2. The van der Waals surface area contributed by atoms with Gasteiger partial charge >= 0.3 is 0 Å². The van der Waals surface area contributed by atoms with E-state index in [1.54, 1.807) is 31.2 Å². The van der Waals surface area contributed by atoms with Crippen LogP contribution >= 0.6 is 0 Å². The molecule has 2 aromatic carbocycles. The van der Waals surface area contributed by atoms with Crippen molar-refractivity contribution in [2.75, 3.05) is 10.6 Å². The van der Waals surface area contributed by atoms with Crippen molar-refractivity contribution in [3.05, 3.63) is 77.5 Å². The standard InChI is InChI=1S/C26H26N6O2/c1-16-7-12-23-21(13-16)24(20-5-3-4-6-22(20)31-23)26(34)30-19-10-8-18(9-11-19)29-25(33)17(2)32-15-27-14-28-32/h7-15,17H,3-6H2,1-2H3,(H,29,33)(H,30,34). The van der Waals surface area contributed by atoms with Gasteiger partial charge in [-0.05, 0) is 81.5 Å². The molecule has 0 radical (unpaired) electrons. The normalized spacial score (nSPS) is 13.8. The molecule has 0 saturated heterocycles. The highest BCUT2D eigenvalue weighted by Crippen LogP contribution is 2.30. The minimum atomic E-state index is -0.489. The number of rotatable bonds is 5.